The molecule has 1 aromatic carbocycles. The highest BCUT2D eigenvalue weighted by molar-refractivity contribution is 5.29. The van der Waals surface area contributed by atoms with Crippen LogP contribution in [0.25, 0.3) is 0 Å². The maximum Gasteiger partial charge on any atom is 0.119 e. The van der Waals surface area contributed by atoms with Crippen molar-refractivity contribution >= 4 is 0 Å². The van der Waals surface area contributed by atoms with Crippen LogP contribution in [-0.2, 0) is 6.42 Å². The fourth-order valence-electron chi connectivity index (χ4n) is 2.17. The average Bonchev–Trinajstić information content (AvgIpc) is 2.54. The minimum Gasteiger partial charge on any atom is -0.493 e. The molecule has 0 bridgehead atoms. The predicted molar refractivity (Wildman–Crippen MR) is 86.6 cm³/mol. The van der Waals surface area contributed by atoms with Crippen LogP contribution < -0.4 is 10.1 Å². The van der Waals surface area contributed by atoms with E-state index in [0.29, 0.717) is 12.6 Å². The van der Waals surface area contributed by atoms with E-state index in [1.807, 2.05) is 36.7 Å². The van der Waals surface area contributed by atoms with Crippen LogP contribution in [-0.4, -0.2) is 18.1 Å². The average molecular weight is 284 g/mol. The quantitative estimate of drug-likeness (QED) is 0.801. The van der Waals surface area contributed by atoms with Gasteiger partial charge in [0.25, 0.3) is 0 Å². The van der Waals surface area contributed by atoms with Gasteiger partial charge in [0.2, 0.25) is 0 Å². The van der Waals surface area contributed by atoms with E-state index in [4.69, 9.17) is 4.74 Å². The predicted octanol–water partition coefficient (Wildman–Crippen LogP) is 3.76. The van der Waals surface area contributed by atoms with Crippen molar-refractivity contribution in [3.63, 3.8) is 0 Å². The van der Waals surface area contributed by atoms with E-state index in [-0.39, 0.29) is 0 Å². The van der Waals surface area contributed by atoms with Gasteiger partial charge in [-0.3, -0.25) is 4.98 Å². The molecule has 0 fully saturated rings. The number of benzene rings is 1. The first-order valence-electron chi connectivity index (χ1n) is 7.64. The van der Waals surface area contributed by atoms with E-state index in [0.717, 1.165) is 25.1 Å². The fraction of sp³-hybridized carbons (Fsp3) is 0.389. The Hall–Kier alpha value is -1.87. The molecule has 1 unspecified atom stereocenters. The lowest BCUT2D eigenvalue weighted by Crippen LogP contribution is -2.19. The van der Waals surface area contributed by atoms with Crippen molar-refractivity contribution in [2.24, 2.45) is 0 Å². The van der Waals surface area contributed by atoms with Gasteiger partial charge < -0.3 is 10.1 Å². The molecule has 2 aromatic rings. The molecule has 0 aliphatic heterocycles. The smallest absolute Gasteiger partial charge is 0.119 e. The second kappa shape index (κ2) is 8.42. The van der Waals surface area contributed by atoms with Crippen LogP contribution in [0, 0.1) is 0 Å². The van der Waals surface area contributed by atoms with Gasteiger partial charge in [-0.25, -0.2) is 0 Å². The highest BCUT2D eigenvalue weighted by atomic mass is 16.5. The van der Waals surface area contributed by atoms with Crippen LogP contribution in [0.3, 0.4) is 0 Å². The number of pyridine rings is 1. The summed E-state index contributed by atoms with van der Waals surface area (Å²) in [5, 5.41) is 3.49. The molecule has 0 saturated carbocycles. The molecule has 0 radical (unpaired) electrons. The monoisotopic (exact) mass is 284 g/mol. The molecule has 0 spiro atoms. The van der Waals surface area contributed by atoms with Crippen molar-refractivity contribution in [3.05, 3.63) is 59.9 Å². The second-order valence-corrected chi connectivity index (χ2v) is 5.20. The Balaban J connectivity index is 1.79. The minimum atomic E-state index is 0.385. The Morgan fingerprint density at radius 1 is 1.10 bits per heavy atom. The Bertz CT molecular complexity index is 511. The van der Waals surface area contributed by atoms with E-state index in [9.17, 15) is 0 Å². The third kappa shape index (κ3) is 5.20. The number of ether oxygens (including phenoxy) is 1. The van der Waals surface area contributed by atoms with Gasteiger partial charge in [0.05, 0.1) is 6.61 Å². The first kappa shape index (κ1) is 15.5. The Kier molecular flexibility index (Phi) is 6.22. The Labute approximate surface area is 127 Å². The molecule has 0 amide bonds. The third-order valence-corrected chi connectivity index (χ3v) is 3.49. The number of nitrogens with one attached hydrogen (secondary N) is 1. The molecule has 1 atom stereocenters. The summed E-state index contributed by atoms with van der Waals surface area (Å²) < 4.78 is 5.78. The van der Waals surface area contributed by atoms with Gasteiger partial charge >= 0.3 is 0 Å². The zero-order chi connectivity index (χ0) is 14.9. The van der Waals surface area contributed by atoms with Crippen molar-refractivity contribution in [3.8, 4) is 5.75 Å². The molecule has 1 heterocycles. The standard InChI is InChI=1S/C18H24N2O/c1-3-11-20-15(2)17-4-6-18(7-5-17)21-14-10-16-8-12-19-13-9-16/h4-9,12-13,15,20H,3,10-11,14H2,1-2H3. The lowest BCUT2D eigenvalue weighted by Gasteiger charge is -2.14. The molecule has 3 nitrogen and oxygen atoms in total. The highest BCUT2D eigenvalue weighted by Crippen LogP contribution is 2.17. The maximum atomic E-state index is 5.78. The van der Waals surface area contributed by atoms with E-state index >= 15 is 0 Å². The number of aromatic nitrogens is 1. The maximum absolute atomic E-state index is 5.78. The lowest BCUT2D eigenvalue weighted by molar-refractivity contribution is 0.321. The van der Waals surface area contributed by atoms with Crippen molar-refractivity contribution in [1.29, 1.82) is 0 Å². The van der Waals surface area contributed by atoms with Crippen LogP contribution in [0.4, 0.5) is 0 Å². The fourth-order valence-corrected chi connectivity index (χ4v) is 2.17. The van der Waals surface area contributed by atoms with Crippen LogP contribution in [0.1, 0.15) is 37.4 Å². The van der Waals surface area contributed by atoms with Crippen molar-refractivity contribution < 1.29 is 4.74 Å². The van der Waals surface area contributed by atoms with Crippen LogP contribution in [0.15, 0.2) is 48.8 Å². The molecule has 2 rings (SSSR count). The van der Waals surface area contributed by atoms with Crippen molar-refractivity contribution in [2.45, 2.75) is 32.7 Å². The molecular weight excluding hydrogens is 260 g/mol. The zero-order valence-corrected chi connectivity index (χ0v) is 12.9. The van der Waals surface area contributed by atoms with E-state index < -0.39 is 0 Å². The van der Waals surface area contributed by atoms with Crippen LogP contribution in [0.2, 0.25) is 0 Å². The SMILES string of the molecule is CCCNC(C)c1ccc(OCCc2ccncc2)cc1. The minimum absolute atomic E-state index is 0.385. The summed E-state index contributed by atoms with van der Waals surface area (Å²) in [5.74, 6) is 0.926. The summed E-state index contributed by atoms with van der Waals surface area (Å²) in [4.78, 5) is 4.01. The summed E-state index contributed by atoms with van der Waals surface area (Å²) in [7, 11) is 0. The third-order valence-electron chi connectivity index (χ3n) is 3.49. The van der Waals surface area contributed by atoms with Gasteiger partial charge in [0.15, 0.2) is 0 Å². The first-order valence-corrected chi connectivity index (χ1v) is 7.64. The van der Waals surface area contributed by atoms with Gasteiger partial charge in [-0.15, -0.1) is 0 Å². The second-order valence-electron chi connectivity index (χ2n) is 5.20. The van der Waals surface area contributed by atoms with Crippen LogP contribution in [0.5, 0.6) is 5.75 Å². The Morgan fingerprint density at radius 2 is 1.81 bits per heavy atom. The van der Waals surface area contributed by atoms with Crippen molar-refractivity contribution in [1.82, 2.24) is 10.3 Å². The number of nitrogens with zero attached hydrogens (tertiary/aromatic N) is 1. The largest absolute Gasteiger partial charge is 0.493 e. The Morgan fingerprint density at radius 3 is 2.48 bits per heavy atom. The highest BCUT2D eigenvalue weighted by Gasteiger charge is 2.04. The lowest BCUT2D eigenvalue weighted by atomic mass is 10.1. The number of hydrogen-bond donors (Lipinski definition) is 1. The van der Waals surface area contributed by atoms with Gasteiger partial charge in [0, 0.05) is 24.9 Å². The summed E-state index contributed by atoms with van der Waals surface area (Å²) in [5.41, 5.74) is 2.55. The first-order chi connectivity index (χ1) is 10.3. The molecule has 0 aliphatic carbocycles. The number of rotatable bonds is 8. The molecule has 1 aromatic heterocycles. The van der Waals surface area contributed by atoms with Crippen LogP contribution >= 0.6 is 0 Å². The van der Waals surface area contributed by atoms with Gasteiger partial charge in [-0.05, 0) is 55.3 Å². The van der Waals surface area contributed by atoms with E-state index in [2.05, 4.69) is 36.3 Å². The summed E-state index contributed by atoms with van der Waals surface area (Å²) in [6.07, 6.45) is 5.68. The molecular formula is C18H24N2O. The molecule has 21 heavy (non-hydrogen) atoms. The molecule has 3 heteroatoms. The summed E-state index contributed by atoms with van der Waals surface area (Å²) in [6.45, 7) is 6.10. The molecule has 0 saturated heterocycles. The number of hydrogen-bond acceptors (Lipinski definition) is 3. The zero-order valence-electron chi connectivity index (χ0n) is 12.9. The topological polar surface area (TPSA) is 34.1 Å². The van der Waals surface area contributed by atoms with Gasteiger partial charge in [-0.1, -0.05) is 19.1 Å². The van der Waals surface area contributed by atoms with Crippen molar-refractivity contribution in [2.75, 3.05) is 13.2 Å². The summed E-state index contributed by atoms with van der Waals surface area (Å²) >= 11 is 0. The van der Waals surface area contributed by atoms with E-state index in [1.165, 1.54) is 11.1 Å². The summed E-state index contributed by atoms with van der Waals surface area (Å²) in [6, 6.07) is 12.8. The van der Waals surface area contributed by atoms with Gasteiger partial charge in [0.1, 0.15) is 5.75 Å². The normalized spacial score (nSPS) is 12.1. The molecule has 1 N–H and O–H groups in total. The molecule has 112 valence electrons. The van der Waals surface area contributed by atoms with Gasteiger partial charge in [-0.2, -0.15) is 0 Å². The molecule has 0 aliphatic rings. The van der Waals surface area contributed by atoms with E-state index in [1.54, 1.807) is 0 Å².